The second-order valence-electron chi connectivity index (χ2n) is 3.24. The van der Waals surface area contributed by atoms with Crippen LogP contribution in [0.1, 0.15) is 12.8 Å². The Balaban J connectivity index is 2.76. The molecule has 0 unspecified atom stereocenters. The van der Waals surface area contributed by atoms with Crippen LogP contribution < -0.4 is 0 Å². The molecule has 0 aliphatic carbocycles. The molecule has 6 nitrogen and oxygen atoms in total. The van der Waals surface area contributed by atoms with Gasteiger partial charge >= 0.3 is 5.97 Å². The molecule has 0 aromatic heterocycles. The fourth-order valence-electron chi connectivity index (χ4n) is 1.60. The molecule has 0 saturated carbocycles. The highest BCUT2D eigenvalue weighted by Gasteiger charge is 2.34. The van der Waals surface area contributed by atoms with Crippen LogP contribution in [0.15, 0.2) is 0 Å². The predicted octanol–water partition coefficient (Wildman–Crippen LogP) is -1.14. The van der Waals surface area contributed by atoms with E-state index in [-0.39, 0.29) is 6.61 Å². The molecule has 1 heterocycles. The normalized spacial score (nSPS) is 23.9. The van der Waals surface area contributed by atoms with E-state index in [9.17, 15) is 13.2 Å². The Morgan fingerprint density at radius 2 is 2.14 bits per heavy atom. The number of carboxylic acid groups (broad SMARTS) is 1. The summed E-state index contributed by atoms with van der Waals surface area (Å²) in [6.07, 6.45) is 1.26. The van der Waals surface area contributed by atoms with Crippen molar-refractivity contribution < 1.29 is 23.4 Å². The molecule has 14 heavy (non-hydrogen) atoms. The summed E-state index contributed by atoms with van der Waals surface area (Å²) >= 11 is 0. The van der Waals surface area contributed by atoms with E-state index in [2.05, 4.69) is 0 Å². The molecule has 7 heteroatoms. The molecular weight excluding hydrogens is 210 g/mol. The van der Waals surface area contributed by atoms with Crippen LogP contribution in [0.25, 0.3) is 0 Å². The molecule has 0 aromatic carbocycles. The van der Waals surface area contributed by atoms with Crippen molar-refractivity contribution in [2.75, 3.05) is 18.9 Å². The van der Waals surface area contributed by atoms with Crippen LogP contribution in [0.5, 0.6) is 0 Å². The third-order valence-electron chi connectivity index (χ3n) is 2.20. The summed E-state index contributed by atoms with van der Waals surface area (Å²) in [5, 5.41) is 17.3. The smallest absolute Gasteiger partial charge is 0.320 e. The van der Waals surface area contributed by atoms with Crippen LogP contribution in [0.4, 0.5) is 0 Å². The molecule has 1 saturated heterocycles. The van der Waals surface area contributed by atoms with Crippen molar-refractivity contribution in [3.8, 4) is 0 Å². The van der Waals surface area contributed by atoms with E-state index in [1.807, 2.05) is 0 Å². The van der Waals surface area contributed by atoms with Crippen LogP contribution in [-0.2, 0) is 14.8 Å². The molecule has 1 rings (SSSR count). The second-order valence-corrected chi connectivity index (χ2v) is 5.16. The van der Waals surface area contributed by atoms with Gasteiger partial charge in [-0.15, -0.1) is 0 Å². The number of sulfonamides is 1. The lowest BCUT2D eigenvalue weighted by Crippen LogP contribution is -2.40. The van der Waals surface area contributed by atoms with E-state index in [0.29, 0.717) is 19.4 Å². The molecule has 1 atom stereocenters. The highest BCUT2D eigenvalue weighted by Crippen LogP contribution is 2.20. The van der Waals surface area contributed by atoms with E-state index in [1.54, 1.807) is 0 Å². The summed E-state index contributed by atoms with van der Waals surface area (Å²) in [6.45, 7) is 0.0552. The van der Waals surface area contributed by atoms with Crippen LogP contribution in [0.3, 0.4) is 0 Å². The number of carboxylic acids is 1. The minimum Gasteiger partial charge on any atom is -0.480 e. The van der Waals surface area contributed by atoms with Crippen molar-refractivity contribution in [2.45, 2.75) is 18.9 Å². The summed E-state index contributed by atoms with van der Waals surface area (Å²) in [5.74, 6) is -2.27. The molecule has 0 bridgehead atoms. The molecular formula is C7H13NO5S. The topological polar surface area (TPSA) is 94.9 Å². The molecule has 0 aromatic rings. The lowest BCUT2D eigenvalue weighted by atomic mass is 10.2. The first-order chi connectivity index (χ1) is 6.47. The Kier molecular flexibility index (Phi) is 3.46. The second kappa shape index (κ2) is 4.24. The van der Waals surface area contributed by atoms with Crippen molar-refractivity contribution in [3.05, 3.63) is 0 Å². The first-order valence-corrected chi connectivity index (χ1v) is 5.90. The zero-order valence-corrected chi connectivity index (χ0v) is 8.40. The van der Waals surface area contributed by atoms with Gasteiger partial charge in [-0.1, -0.05) is 0 Å². The Hall–Kier alpha value is -0.660. The van der Waals surface area contributed by atoms with Gasteiger partial charge in [-0.3, -0.25) is 4.79 Å². The summed E-state index contributed by atoms with van der Waals surface area (Å²) in [6, 6.07) is -0.445. The highest BCUT2D eigenvalue weighted by molar-refractivity contribution is 7.89. The van der Waals surface area contributed by atoms with Crippen LogP contribution >= 0.6 is 0 Å². The quantitative estimate of drug-likeness (QED) is 0.628. The monoisotopic (exact) mass is 223 g/mol. The molecule has 1 aliphatic rings. The summed E-state index contributed by atoms with van der Waals surface area (Å²) in [5.41, 5.74) is 0. The lowest BCUT2D eigenvalue weighted by Gasteiger charge is -2.21. The van der Waals surface area contributed by atoms with Crippen molar-refractivity contribution >= 4 is 16.0 Å². The van der Waals surface area contributed by atoms with Crippen molar-refractivity contribution in [2.24, 2.45) is 0 Å². The third-order valence-corrected chi connectivity index (χ3v) is 4.00. The van der Waals surface area contributed by atoms with Crippen LogP contribution in [0, 0.1) is 0 Å². The van der Waals surface area contributed by atoms with E-state index >= 15 is 0 Å². The number of aliphatic carboxylic acids is 1. The fraction of sp³-hybridized carbons (Fsp3) is 0.857. The largest absolute Gasteiger partial charge is 0.480 e. The number of hydrogen-bond donors (Lipinski definition) is 2. The number of hydrogen-bond acceptors (Lipinski definition) is 4. The Morgan fingerprint density at radius 3 is 2.64 bits per heavy atom. The fourth-order valence-corrected chi connectivity index (χ4v) is 3.11. The summed E-state index contributed by atoms with van der Waals surface area (Å²) in [4.78, 5) is 10.3. The first-order valence-electron chi connectivity index (χ1n) is 4.29. The van der Waals surface area contributed by atoms with E-state index in [1.165, 1.54) is 0 Å². The molecule has 2 N–H and O–H groups in total. The Labute approximate surface area is 82.2 Å². The Morgan fingerprint density at radius 1 is 1.50 bits per heavy atom. The first kappa shape index (κ1) is 11.4. The van der Waals surface area contributed by atoms with E-state index in [4.69, 9.17) is 10.2 Å². The predicted molar refractivity (Wildman–Crippen MR) is 48.2 cm³/mol. The maximum Gasteiger partial charge on any atom is 0.320 e. The lowest BCUT2D eigenvalue weighted by molar-refractivity contribution is -0.134. The molecule has 1 fully saturated rings. The van der Waals surface area contributed by atoms with Gasteiger partial charge in [0.15, 0.2) is 5.75 Å². The summed E-state index contributed by atoms with van der Waals surface area (Å²) < 4.78 is 24.0. The number of rotatable bonds is 4. The van der Waals surface area contributed by atoms with Crippen LogP contribution in [-0.4, -0.2) is 53.9 Å². The van der Waals surface area contributed by atoms with Gasteiger partial charge in [0, 0.05) is 12.6 Å². The van der Waals surface area contributed by atoms with Crippen molar-refractivity contribution in [1.82, 2.24) is 4.31 Å². The van der Waals surface area contributed by atoms with Crippen molar-refractivity contribution in [3.63, 3.8) is 0 Å². The average Bonchev–Trinajstić information content (AvgIpc) is 2.48. The van der Waals surface area contributed by atoms with Crippen LogP contribution in [0.2, 0.25) is 0 Å². The number of nitrogens with zero attached hydrogens (tertiary/aromatic N) is 1. The zero-order chi connectivity index (χ0) is 10.8. The van der Waals surface area contributed by atoms with Gasteiger partial charge in [-0.25, -0.2) is 8.42 Å². The summed E-state index contributed by atoms with van der Waals surface area (Å²) in [7, 11) is -3.75. The van der Waals surface area contributed by atoms with Gasteiger partial charge in [-0.05, 0) is 12.8 Å². The molecule has 0 spiro atoms. The number of aliphatic hydroxyl groups excluding tert-OH is 1. The zero-order valence-electron chi connectivity index (χ0n) is 7.59. The molecule has 0 amide bonds. The number of carbonyl (C=O) groups is 1. The minimum absolute atomic E-state index is 0.251. The van der Waals surface area contributed by atoms with Gasteiger partial charge in [0.2, 0.25) is 10.0 Å². The number of aliphatic hydroxyl groups is 1. The average molecular weight is 223 g/mol. The van der Waals surface area contributed by atoms with Gasteiger partial charge < -0.3 is 10.2 Å². The van der Waals surface area contributed by atoms with Gasteiger partial charge in [0.05, 0.1) is 6.61 Å². The van der Waals surface area contributed by atoms with E-state index in [0.717, 1.165) is 4.31 Å². The maximum absolute atomic E-state index is 11.4. The standard InChI is InChI=1S/C7H13NO5S/c9-4-6-2-1-3-8(6)14(12,13)5-7(10)11/h6,9H,1-5H2,(H,10,11)/t6-/m1/s1. The molecule has 82 valence electrons. The third kappa shape index (κ3) is 2.43. The highest BCUT2D eigenvalue weighted by atomic mass is 32.2. The van der Waals surface area contributed by atoms with Gasteiger partial charge in [0.1, 0.15) is 0 Å². The van der Waals surface area contributed by atoms with E-state index < -0.39 is 27.8 Å². The maximum atomic E-state index is 11.4. The van der Waals surface area contributed by atoms with Crippen molar-refractivity contribution in [1.29, 1.82) is 0 Å². The Bertz CT molecular complexity index is 312. The van der Waals surface area contributed by atoms with Gasteiger partial charge in [0.25, 0.3) is 0 Å². The van der Waals surface area contributed by atoms with Gasteiger partial charge in [-0.2, -0.15) is 4.31 Å². The molecule has 0 radical (unpaired) electrons. The molecule has 1 aliphatic heterocycles. The SMILES string of the molecule is O=C(O)CS(=O)(=O)N1CCC[C@@H]1CO. The minimum atomic E-state index is -3.75.